The Hall–Kier alpha value is -0.840. The number of carbonyl (C=O) groups excluding carboxylic acids is 1. The summed E-state index contributed by atoms with van der Waals surface area (Å²) in [6.45, 7) is 8.78. The molecule has 0 radical (unpaired) electrons. The van der Waals surface area contributed by atoms with E-state index in [1.54, 1.807) is 0 Å². The molecule has 0 N–H and O–H groups in total. The molecule has 2 nitrogen and oxygen atoms in total. The van der Waals surface area contributed by atoms with Gasteiger partial charge in [0.05, 0.1) is 5.92 Å². The molecule has 0 spiro atoms. The molecule has 2 unspecified atom stereocenters. The Morgan fingerprint density at radius 2 is 2.00 bits per heavy atom. The van der Waals surface area contributed by atoms with Gasteiger partial charge in [-0.1, -0.05) is 43.7 Å². The van der Waals surface area contributed by atoms with Crippen LogP contribution in [0.5, 0.6) is 0 Å². The molecule has 1 aliphatic carbocycles. The largest absolute Gasteiger partial charge is 0.461 e. The molecule has 1 saturated carbocycles. The highest BCUT2D eigenvalue weighted by Crippen LogP contribution is 2.59. The third-order valence-electron chi connectivity index (χ3n) is 4.01. The zero-order chi connectivity index (χ0) is 14.9. The van der Waals surface area contributed by atoms with Crippen LogP contribution in [-0.4, -0.2) is 5.97 Å². The van der Waals surface area contributed by atoms with Gasteiger partial charge in [0.15, 0.2) is 0 Å². The summed E-state index contributed by atoms with van der Waals surface area (Å²) in [5.41, 5.74) is 2.35. The van der Waals surface area contributed by atoms with Gasteiger partial charge >= 0.3 is 5.97 Å². The van der Waals surface area contributed by atoms with Gasteiger partial charge in [-0.2, -0.15) is 0 Å². The topological polar surface area (TPSA) is 26.3 Å². The van der Waals surface area contributed by atoms with E-state index in [0.29, 0.717) is 12.5 Å². The maximum absolute atomic E-state index is 12.2. The number of allylic oxidation sites excluding steroid dienone is 2. The van der Waals surface area contributed by atoms with Crippen LogP contribution >= 0.6 is 22.6 Å². The van der Waals surface area contributed by atoms with E-state index in [-0.39, 0.29) is 17.3 Å². The third-order valence-corrected chi connectivity index (χ3v) is 5.06. The lowest BCUT2D eigenvalue weighted by Gasteiger charge is -2.07. The summed E-state index contributed by atoms with van der Waals surface area (Å²) in [5.74, 6) is 0.241. The van der Waals surface area contributed by atoms with Gasteiger partial charge in [0, 0.05) is 9.13 Å². The monoisotopic (exact) mass is 384 g/mol. The minimum atomic E-state index is -0.0721. The van der Waals surface area contributed by atoms with E-state index in [9.17, 15) is 4.79 Å². The summed E-state index contributed by atoms with van der Waals surface area (Å²) in [6.07, 6.45) is 2.19. The Balaban J connectivity index is 1.97. The van der Waals surface area contributed by atoms with Gasteiger partial charge in [-0.15, -0.1) is 0 Å². The molecule has 1 aromatic carbocycles. The Bertz CT molecular complexity index is 542. The van der Waals surface area contributed by atoms with Crippen LogP contribution < -0.4 is 0 Å². The number of benzene rings is 1. The highest BCUT2D eigenvalue weighted by Gasteiger charge is 2.61. The predicted molar refractivity (Wildman–Crippen MR) is 89.1 cm³/mol. The van der Waals surface area contributed by atoms with Crippen molar-refractivity contribution in [1.82, 2.24) is 0 Å². The van der Waals surface area contributed by atoms with Crippen molar-refractivity contribution in [3.8, 4) is 0 Å². The number of carbonyl (C=O) groups is 1. The average Bonchev–Trinajstić information content (AvgIpc) is 2.88. The summed E-state index contributed by atoms with van der Waals surface area (Å²) in [7, 11) is 0. The lowest BCUT2D eigenvalue weighted by Crippen LogP contribution is -2.11. The smallest absolute Gasteiger partial charge is 0.310 e. The van der Waals surface area contributed by atoms with E-state index in [1.807, 2.05) is 24.3 Å². The summed E-state index contributed by atoms with van der Waals surface area (Å²) in [4.78, 5) is 12.2. The van der Waals surface area contributed by atoms with Crippen molar-refractivity contribution in [2.24, 2.45) is 17.3 Å². The van der Waals surface area contributed by atoms with Gasteiger partial charge in [0.25, 0.3) is 0 Å². The Labute approximate surface area is 134 Å². The van der Waals surface area contributed by atoms with Crippen molar-refractivity contribution >= 4 is 28.6 Å². The average molecular weight is 384 g/mol. The molecular formula is C17H21IO2. The summed E-state index contributed by atoms with van der Waals surface area (Å²) in [6, 6.07) is 7.98. The molecule has 0 saturated heterocycles. The molecule has 0 aromatic heterocycles. The second kappa shape index (κ2) is 5.88. The first kappa shape index (κ1) is 15.5. The first-order valence-electron chi connectivity index (χ1n) is 6.89. The molecule has 0 aliphatic heterocycles. The van der Waals surface area contributed by atoms with E-state index in [1.165, 1.54) is 5.57 Å². The fraction of sp³-hybridized carbons (Fsp3) is 0.471. The number of esters is 1. The quantitative estimate of drug-likeness (QED) is 0.432. The predicted octanol–water partition coefficient (Wildman–Crippen LogP) is 4.57. The second-order valence-corrected chi connectivity index (χ2v) is 7.43. The van der Waals surface area contributed by atoms with Crippen LogP contribution in [0.25, 0.3) is 0 Å². The molecule has 0 bridgehead atoms. The molecule has 0 heterocycles. The third kappa shape index (κ3) is 3.25. The summed E-state index contributed by atoms with van der Waals surface area (Å²) < 4.78 is 6.64. The number of halogens is 1. The van der Waals surface area contributed by atoms with Crippen molar-refractivity contribution in [3.05, 3.63) is 45.0 Å². The second-order valence-electron chi connectivity index (χ2n) is 6.27. The van der Waals surface area contributed by atoms with E-state index < -0.39 is 0 Å². The minimum Gasteiger partial charge on any atom is -0.461 e. The van der Waals surface area contributed by atoms with Gasteiger partial charge < -0.3 is 4.74 Å². The zero-order valence-corrected chi connectivity index (χ0v) is 14.6. The highest BCUT2D eigenvalue weighted by molar-refractivity contribution is 14.1. The fourth-order valence-electron chi connectivity index (χ4n) is 2.65. The molecule has 20 heavy (non-hydrogen) atoms. The molecule has 2 rings (SSSR count). The maximum Gasteiger partial charge on any atom is 0.310 e. The fourth-order valence-corrected chi connectivity index (χ4v) is 3.20. The number of hydrogen-bond donors (Lipinski definition) is 0. The van der Waals surface area contributed by atoms with E-state index in [4.69, 9.17) is 4.74 Å². The molecule has 0 amide bonds. The standard InChI is InChI=1S/C17H21IO2/c1-11(2)9-13-15(17(13,3)4)16(19)20-10-12-7-5-6-8-14(12)18/h5-9,13,15H,10H2,1-4H3. The van der Waals surface area contributed by atoms with Gasteiger partial charge in [-0.05, 0) is 53.8 Å². The maximum atomic E-state index is 12.2. The summed E-state index contributed by atoms with van der Waals surface area (Å²) in [5, 5.41) is 0. The molecule has 1 aliphatic rings. The SMILES string of the molecule is CC(C)=CC1C(C(=O)OCc2ccccc2I)C1(C)C. The molecule has 3 heteroatoms. The number of rotatable bonds is 4. The van der Waals surface area contributed by atoms with Gasteiger partial charge in [-0.3, -0.25) is 4.79 Å². The highest BCUT2D eigenvalue weighted by atomic mass is 127. The van der Waals surface area contributed by atoms with Crippen LogP contribution in [0.2, 0.25) is 0 Å². The molecule has 2 atom stereocenters. The zero-order valence-electron chi connectivity index (χ0n) is 12.4. The Kier molecular flexibility index (Phi) is 4.57. The van der Waals surface area contributed by atoms with Crippen LogP contribution in [0.1, 0.15) is 33.3 Å². The van der Waals surface area contributed by atoms with Crippen LogP contribution in [0.4, 0.5) is 0 Å². The first-order chi connectivity index (χ1) is 9.34. The van der Waals surface area contributed by atoms with Crippen molar-refractivity contribution in [1.29, 1.82) is 0 Å². The minimum absolute atomic E-state index is 0.00114. The molecule has 1 aromatic rings. The van der Waals surface area contributed by atoms with Crippen molar-refractivity contribution < 1.29 is 9.53 Å². The first-order valence-corrected chi connectivity index (χ1v) is 7.97. The lowest BCUT2D eigenvalue weighted by atomic mass is 10.1. The van der Waals surface area contributed by atoms with Crippen LogP contribution in [0.3, 0.4) is 0 Å². The van der Waals surface area contributed by atoms with Crippen LogP contribution in [0, 0.1) is 20.8 Å². The van der Waals surface area contributed by atoms with Crippen LogP contribution in [-0.2, 0) is 16.1 Å². The van der Waals surface area contributed by atoms with Crippen molar-refractivity contribution in [2.45, 2.75) is 34.3 Å². The Morgan fingerprint density at radius 3 is 2.60 bits per heavy atom. The van der Waals surface area contributed by atoms with E-state index in [2.05, 4.69) is 56.4 Å². The molecule has 1 fully saturated rings. The lowest BCUT2D eigenvalue weighted by molar-refractivity contribution is -0.147. The number of ether oxygens (including phenoxy) is 1. The van der Waals surface area contributed by atoms with Crippen molar-refractivity contribution in [2.75, 3.05) is 0 Å². The van der Waals surface area contributed by atoms with Gasteiger partial charge in [-0.25, -0.2) is 0 Å². The molecular weight excluding hydrogens is 363 g/mol. The van der Waals surface area contributed by atoms with E-state index >= 15 is 0 Å². The van der Waals surface area contributed by atoms with E-state index in [0.717, 1.165) is 9.13 Å². The normalized spacial score (nSPS) is 23.1. The summed E-state index contributed by atoms with van der Waals surface area (Å²) >= 11 is 2.27. The Morgan fingerprint density at radius 1 is 1.35 bits per heavy atom. The molecule has 108 valence electrons. The van der Waals surface area contributed by atoms with Crippen LogP contribution in [0.15, 0.2) is 35.9 Å². The van der Waals surface area contributed by atoms with Crippen molar-refractivity contribution in [3.63, 3.8) is 0 Å². The number of hydrogen-bond acceptors (Lipinski definition) is 2. The van der Waals surface area contributed by atoms with Gasteiger partial charge in [0.2, 0.25) is 0 Å². The van der Waals surface area contributed by atoms with Gasteiger partial charge in [0.1, 0.15) is 6.61 Å².